The third kappa shape index (κ3) is 3.19. The van der Waals surface area contributed by atoms with E-state index in [1.807, 2.05) is 6.08 Å². The van der Waals surface area contributed by atoms with Crippen LogP contribution in [0.3, 0.4) is 0 Å². The van der Waals surface area contributed by atoms with E-state index in [4.69, 9.17) is 4.74 Å². The second-order valence-corrected chi connectivity index (χ2v) is 4.18. The van der Waals surface area contributed by atoms with Crippen LogP contribution in [0.1, 0.15) is 5.56 Å². The highest BCUT2D eigenvalue weighted by Crippen LogP contribution is 2.07. The van der Waals surface area contributed by atoms with Crippen LogP contribution in [0.15, 0.2) is 43.0 Å². The second-order valence-electron chi connectivity index (χ2n) is 4.18. The summed E-state index contributed by atoms with van der Waals surface area (Å²) >= 11 is 0. The van der Waals surface area contributed by atoms with E-state index < -0.39 is 0 Å². The van der Waals surface area contributed by atoms with Crippen molar-refractivity contribution in [1.82, 2.24) is 4.90 Å². The van der Waals surface area contributed by atoms with Crippen LogP contribution in [0.2, 0.25) is 0 Å². The van der Waals surface area contributed by atoms with Gasteiger partial charge >= 0.3 is 0 Å². The number of hydrogen-bond donors (Lipinski definition) is 0. The minimum atomic E-state index is 0.213. The van der Waals surface area contributed by atoms with Crippen molar-refractivity contribution in [3.63, 3.8) is 0 Å². The molecule has 0 amide bonds. The van der Waals surface area contributed by atoms with Crippen molar-refractivity contribution in [1.29, 1.82) is 0 Å². The van der Waals surface area contributed by atoms with Gasteiger partial charge in [-0.05, 0) is 12.0 Å². The van der Waals surface area contributed by atoms with E-state index in [1.165, 1.54) is 5.56 Å². The van der Waals surface area contributed by atoms with Gasteiger partial charge in [-0.1, -0.05) is 36.4 Å². The van der Waals surface area contributed by atoms with Crippen LogP contribution in [-0.4, -0.2) is 37.2 Å². The summed E-state index contributed by atoms with van der Waals surface area (Å²) in [6, 6.07) is 10.6. The largest absolute Gasteiger partial charge is 0.371 e. The molecule has 1 aromatic rings. The molecule has 1 unspecified atom stereocenters. The zero-order chi connectivity index (χ0) is 11.2. The molecule has 2 heteroatoms. The van der Waals surface area contributed by atoms with Gasteiger partial charge in [0.2, 0.25) is 0 Å². The Morgan fingerprint density at radius 3 is 2.94 bits per heavy atom. The molecule has 1 heterocycles. The molecule has 1 atom stereocenters. The first-order chi connectivity index (χ1) is 7.88. The van der Waals surface area contributed by atoms with Gasteiger partial charge in [0, 0.05) is 19.6 Å². The average molecular weight is 217 g/mol. The normalized spacial score (nSPS) is 21.9. The zero-order valence-electron chi connectivity index (χ0n) is 9.64. The van der Waals surface area contributed by atoms with E-state index in [9.17, 15) is 0 Å². The molecule has 0 saturated carbocycles. The van der Waals surface area contributed by atoms with Gasteiger partial charge in [0.15, 0.2) is 0 Å². The fraction of sp³-hybridized carbons (Fsp3) is 0.429. The quantitative estimate of drug-likeness (QED) is 0.716. The summed E-state index contributed by atoms with van der Waals surface area (Å²) in [5.74, 6) is 0. The van der Waals surface area contributed by atoms with E-state index in [0.29, 0.717) is 0 Å². The predicted octanol–water partition coefficient (Wildman–Crippen LogP) is 2.12. The Balaban J connectivity index is 1.79. The van der Waals surface area contributed by atoms with Gasteiger partial charge in [-0.3, -0.25) is 4.90 Å². The lowest BCUT2D eigenvalue weighted by atomic mass is 10.1. The van der Waals surface area contributed by atoms with E-state index >= 15 is 0 Å². The molecule has 0 aromatic heterocycles. The molecular weight excluding hydrogens is 198 g/mol. The van der Waals surface area contributed by atoms with E-state index in [0.717, 1.165) is 32.7 Å². The first-order valence-electron chi connectivity index (χ1n) is 5.89. The number of hydrogen-bond acceptors (Lipinski definition) is 2. The molecule has 1 aliphatic rings. The van der Waals surface area contributed by atoms with Crippen molar-refractivity contribution in [2.45, 2.75) is 12.5 Å². The molecule has 0 aliphatic carbocycles. The van der Waals surface area contributed by atoms with E-state index in [1.54, 1.807) is 0 Å². The molecule has 16 heavy (non-hydrogen) atoms. The average Bonchev–Trinajstić information content (AvgIpc) is 2.38. The molecule has 0 spiro atoms. The Labute approximate surface area is 97.5 Å². The van der Waals surface area contributed by atoms with Gasteiger partial charge in [0.25, 0.3) is 0 Å². The SMILES string of the molecule is C=CC1CN(CCc2ccccc2)CCO1. The monoisotopic (exact) mass is 217 g/mol. The summed E-state index contributed by atoms with van der Waals surface area (Å²) in [6.07, 6.45) is 3.23. The lowest BCUT2D eigenvalue weighted by Crippen LogP contribution is -2.42. The van der Waals surface area contributed by atoms with E-state index in [-0.39, 0.29) is 6.10 Å². The molecule has 1 aromatic carbocycles. The Morgan fingerprint density at radius 1 is 1.38 bits per heavy atom. The number of morpholine rings is 1. The van der Waals surface area contributed by atoms with E-state index in [2.05, 4.69) is 41.8 Å². The first kappa shape index (κ1) is 11.4. The number of nitrogens with zero attached hydrogens (tertiary/aromatic N) is 1. The molecule has 2 rings (SSSR count). The molecule has 1 aliphatic heterocycles. The first-order valence-corrected chi connectivity index (χ1v) is 5.89. The number of rotatable bonds is 4. The summed E-state index contributed by atoms with van der Waals surface area (Å²) in [7, 11) is 0. The van der Waals surface area contributed by atoms with Gasteiger partial charge in [-0.2, -0.15) is 0 Å². The van der Waals surface area contributed by atoms with Crippen LogP contribution in [0, 0.1) is 0 Å². The zero-order valence-corrected chi connectivity index (χ0v) is 9.64. The maximum atomic E-state index is 5.55. The molecule has 2 nitrogen and oxygen atoms in total. The Bertz CT molecular complexity index is 323. The minimum Gasteiger partial charge on any atom is -0.371 e. The topological polar surface area (TPSA) is 12.5 Å². The summed E-state index contributed by atoms with van der Waals surface area (Å²) in [4.78, 5) is 2.45. The molecule has 86 valence electrons. The Morgan fingerprint density at radius 2 is 2.19 bits per heavy atom. The van der Waals surface area contributed by atoms with Gasteiger partial charge in [0.05, 0.1) is 12.7 Å². The highest BCUT2D eigenvalue weighted by atomic mass is 16.5. The lowest BCUT2D eigenvalue weighted by Gasteiger charge is -2.31. The molecule has 1 fully saturated rings. The fourth-order valence-electron chi connectivity index (χ4n) is 2.01. The summed E-state index contributed by atoms with van der Waals surface area (Å²) in [5, 5.41) is 0. The van der Waals surface area contributed by atoms with Crippen LogP contribution in [-0.2, 0) is 11.2 Å². The Kier molecular flexibility index (Phi) is 4.14. The maximum absolute atomic E-state index is 5.55. The fourth-order valence-corrected chi connectivity index (χ4v) is 2.01. The smallest absolute Gasteiger partial charge is 0.0880 e. The molecule has 0 radical (unpaired) electrons. The summed E-state index contributed by atoms with van der Waals surface area (Å²) in [5.41, 5.74) is 1.41. The minimum absolute atomic E-state index is 0.213. The van der Waals surface area contributed by atoms with Crippen molar-refractivity contribution >= 4 is 0 Å². The van der Waals surface area contributed by atoms with Crippen molar-refractivity contribution in [3.8, 4) is 0 Å². The van der Waals surface area contributed by atoms with Gasteiger partial charge in [-0.15, -0.1) is 6.58 Å². The van der Waals surface area contributed by atoms with Gasteiger partial charge in [-0.25, -0.2) is 0 Å². The van der Waals surface area contributed by atoms with Crippen molar-refractivity contribution < 1.29 is 4.74 Å². The molecule has 0 bridgehead atoms. The lowest BCUT2D eigenvalue weighted by molar-refractivity contribution is -0.00263. The van der Waals surface area contributed by atoms with Gasteiger partial charge in [0.1, 0.15) is 0 Å². The van der Waals surface area contributed by atoms with Crippen molar-refractivity contribution in [3.05, 3.63) is 48.6 Å². The maximum Gasteiger partial charge on any atom is 0.0880 e. The highest BCUT2D eigenvalue weighted by Gasteiger charge is 2.16. The standard InChI is InChI=1S/C14H19NO/c1-2-14-12-15(10-11-16-14)9-8-13-6-4-3-5-7-13/h2-7,14H,1,8-12H2. The van der Waals surface area contributed by atoms with Crippen molar-refractivity contribution in [2.75, 3.05) is 26.2 Å². The van der Waals surface area contributed by atoms with Crippen LogP contribution in [0.4, 0.5) is 0 Å². The Hall–Kier alpha value is -1.12. The van der Waals surface area contributed by atoms with Crippen LogP contribution in [0.25, 0.3) is 0 Å². The summed E-state index contributed by atoms with van der Waals surface area (Å²) < 4.78 is 5.55. The summed E-state index contributed by atoms with van der Waals surface area (Å²) in [6.45, 7) is 7.74. The van der Waals surface area contributed by atoms with Gasteiger partial charge < -0.3 is 4.74 Å². The molecule has 0 N–H and O–H groups in total. The second kappa shape index (κ2) is 5.83. The van der Waals surface area contributed by atoms with Crippen LogP contribution < -0.4 is 0 Å². The number of benzene rings is 1. The molecular formula is C14H19NO. The molecule has 1 saturated heterocycles. The van der Waals surface area contributed by atoms with Crippen LogP contribution >= 0.6 is 0 Å². The third-order valence-corrected chi connectivity index (χ3v) is 3.00. The predicted molar refractivity (Wildman–Crippen MR) is 66.5 cm³/mol. The highest BCUT2D eigenvalue weighted by molar-refractivity contribution is 5.14. The van der Waals surface area contributed by atoms with Crippen LogP contribution in [0.5, 0.6) is 0 Å². The van der Waals surface area contributed by atoms with Crippen molar-refractivity contribution in [2.24, 2.45) is 0 Å². The third-order valence-electron chi connectivity index (χ3n) is 3.00. The number of ether oxygens (including phenoxy) is 1.